The van der Waals surface area contributed by atoms with Crippen molar-refractivity contribution in [1.29, 1.82) is 0 Å². The van der Waals surface area contributed by atoms with Gasteiger partial charge in [0.05, 0.1) is 10.6 Å². The Bertz CT molecular complexity index is 548. The summed E-state index contributed by atoms with van der Waals surface area (Å²) in [5.41, 5.74) is 0.0418. The zero-order valence-electron chi connectivity index (χ0n) is 8.50. The number of hydrogen-bond donors (Lipinski definition) is 1. The van der Waals surface area contributed by atoms with E-state index >= 15 is 0 Å². The normalized spacial score (nSPS) is 10.2. The van der Waals surface area contributed by atoms with Gasteiger partial charge in [0, 0.05) is 12.4 Å². The molecule has 0 aliphatic heterocycles. The summed E-state index contributed by atoms with van der Waals surface area (Å²) in [7, 11) is 0. The SMILES string of the molecule is O=C(O)c1cc(Sc2ccccn2)ncc1Cl. The van der Waals surface area contributed by atoms with Gasteiger partial charge in [0.1, 0.15) is 10.1 Å². The summed E-state index contributed by atoms with van der Waals surface area (Å²) in [6, 6.07) is 6.91. The highest BCUT2D eigenvalue weighted by Crippen LogP contribution is 2.26. The fourth-order valence-corrected chi connectivity index (χ4v) is 2.09. The van der Waals surface area contributed by atoms with Crippen molar-refractivity contribution in [2.75, 3.05) is 0 Å². The molecule has 2 heterocycles. The van der Waals surface area contributed by atoms with E-state index < -0.39 is 5.97 Å². The number of carboxylic acid groups (broad SMARTS) is 1. The molecule has 0 spiro atoms. The fraction of sp³-hybridized carbons (Fsp3) is 0. The topological polar surface area (TPSA) is 63.1 Å². The van der Waals surface area contributed by atoms with Crippen LogP contribution in [0.15, 0.2) is 46.7 Å². The maximum Gasteiger partial charge on any atom is 0.337 e. The van der Waals surface area contributed by atoms with E-state index in [1.165, 1.54) is 24.0 Å². The molecule has 1 N–H and O–H groups in total. The molecule has 0 unspecified atom stereocenters. The molecule has 4 nitrogen and oxygen atoms in total. The summed E-state index contributed by atoms with van der Waals surface area (Å²) in [5.74, 6) is -1.07. The van der Waals surface area contributed by atoms with Crippen LogP contribution < -0.4 is 0 Å². The molecular weight excluding hydrogens is 260 g/mol. The van der Waals surface area contributed by atoms with Crippen LogP contribution in [0.2, 0.25) is 5.02 Å². The van der Waals surface area contributed by atoms with Gasteiger partial charge in [-0.1, -0.05) is 29.4 Å². The molecule has 0 aliphatic carbocycles. The number of carbonyl (C=O) groups is 1. The van der Waals surface area contributed by atoms with E-state index in [9.17, 15) is 4.79 Å². The molecule has 86 valence electrons. The number of halogens is 1. The Morgan fingerprint density at radius 3 is 2.76 bits per heavy atom. The molecule has 2 aromatic rings. The van der Waals surface area contributed by atoms with Gasteiger partial charge >= 0.3 is 5.97 Å². The first-order chi connectivity index (χ1) is 8.16. The molecular formula is C11H7ClN2O2S. The van der Waals surface area contributed by atoms with Crippen LogP contribution in [0.4, 0.5) is 0 Å². The largest absolute Gasteiger partial charge is 0.478 e. The Kier molecular flexibility index (Phi) is 3.61. The molecule has 6 heteroatoms. The van der Waals surface area contributed by atoms with Crippen molar-refractivity contribution in [1.82, 2.24) is 9.97 Å². The zero-order valence-corrected chi connectivity index (χ0v) is 10.1. The van der Waals surface area contributed by atoms with E-state index in [1.54, 1.807) is 6.20 Å². The van der Waals surface area contributed by atoms with Crippen LogP contribution in [0.1, 0.15) is 10.4 Å². The molecule has 2 rings (SSSR count). The summed E-state index contributed by atoms with van der Waals surface area (Å²) in [6.45, 7) is 0. The molecule has 0 aromatic carbocycles. The number of aromatic carboxylic acids is 1. The standard InChI is InChI=1S/C11H7ClN2O2S/c12-8-6-14-10(5-7(8)11(15)16)17-9-3-1-2-4-13-9/h1-6H,(H,15,16). The molecule has 0 aliphatic rings. The third-order valence-electron chi connectivity index (χ3n) is 1.91. The van der Waals surface area contributed by atoms with Gasteiger partial charge in [-0.2, -0.15) is 0 Å². The van der Waals surface area contributed by atoms with Crippen LogP contribution in [-0.2, 0) is 0 Å². The maximum atomic E-state index is 10.9. The lowest BCUT2D eigenvalue weighted by Gasteiger charge is -2.02. The number of carboxylic acids is 1. The fourth-order valence-electron chi connectivity index (χ4n) is 1.15. The van der Waals surface area contributed by atoms with E-state index in [0.29, 0.717) is 5.03 Å². The summed E-state index contributed by atoms with van der Waals surface area (Å²) >= 11 is 7.01. The van der Waals surface area contributed by atoms with Crippen molar-refractivity contribution in [2.45, 2.75) is 10.1 Å². The molecule has 17 heavy (non-hydrogen) atoms. The number of pyridine rings is 2. The lowest BCUT2D eigenvalue weighted by molar-refractivity contribution is 0.0696. The maximum absolute atomic E-state index is 10.9. The van der Waals surface area contributed by atoms with Crippen molar-refractivity contribution >= 4 is 29.3 Å². The Morgan fingerprint density at radius 2 is 2.12 bits per heavy atom. The predicted molar refractivity (Wildman–Crippen MR) is 64.6 cm³/mol. The van der Waals surface area contributed by atoms with Gasteiger partial charge in [-0.3, -0.25) is 0 Å². The summed E-state index contributed by atoms with van der Waals surface area (Å²) < 4.78 is 0. The van der Waals surface area contributed by atoms with Crippen LogP contribution in [0, 0.1) is 0 Å². The molecule has 2 aromatic heterocycles. The van der Waals surface area contributed by atoms with Crippen molar-refractivity contribution < 1.29 is 9.90 Å². The molecule has 0 radical (unpaired) electrons. The Morgan fingerprint density at radius 1 is 1.29 bits per heavy atom. The van der Waals surface area contributed by atoms with Gasteiger partial charge in [-0.25, -0.2) is 14.8 Å². The van der Waals surface area contributed by atoms with E-state index in [-0.39, 0.29) is 10.6 Å². The molecule has 0 saturated heterocycles. The highest BCUT2D eigenvalue weighted by Gasteiger charge is 2.11. The quantitative estimate of drug-likeness (QED) is 0.925. The first kappa shape index (κ1) is 11.9. The lowest BCUT2D eigenvalue weighted by atomic mass is 10.3. The van der Waals surface area contributed by atoms with Gasteiger partial charge in [0.25, 0.3) is 0 Å². The van der Waals surface area contributed by atoms with E-state index in [0.717, 1.165) is 5.03 Å². The number of nitrogens with zero attached hydrogens (tertiary/aromatic N) is 2. The van der Waals surface area contributed by atoms with Gasteiger partial charge in [0.2, 0.25) is 0 Å². The van der Waals surface area contributed by atoms with Crippen LogP contribution in [0.3, 0.4) is 0 Å². The van der Waals surface area contributed by atoms with Crippen molar-refractivity contribution in [2.24, 2.45) is 0 Å². The highest BCUT2D eigenvalue weighted by molar-refractivity contribution is 7.99. The smallest absolute Gasteiger partial charge is 0.337 e. The average Bonchev–Trinajstić information content (AvgIpc) is 2.32. The molecule has 0 saturated carbocycles. The van der Waals surface area contributed by atoms with Crippen molar-refractivity contribution in [3.8, 4) is 0 Å². The van der Waals surface area contributed by atoms with Crippen LogP contribution >= 0.6 is 23.4 Å². The van der Waals surface area contributed by atoms with Crippen molar-refractivity contribution in [3.63, 3.8) is 0 Å². The first-order valence-electron chi connectivity index (χ1n) is 4.64. The second-order valence-electron chi connectivity index (χ2n) is 3.08. The molecule has 0 amide bonds. The van der Waals surface area contributed by atoms with Crippen LogP contribution in [0.25, 0.3) is 0 Å². The van der Waals surface area contributed by atoms with Crippen LogP contribution in [-0.4, -0.2) is 21.0 Å². The average molecular weight is 267 g/mol. The minimum Gasteiger partial charge on any atom is -0.478 e. The predicted octanol–water partition coefficient (Wildman–Crippen LogP) is 2.98. The van der Waals surface area contributed by atoms with Gasteiger partial charge in [0.15, 0.2) is 0 Å². The molecule has 0 fully saturated rings. The minimum atomic E-state index is -1.07. The van der Waals surface area contributed by atoms with E-state index in [1.807, 2.05) is 18.2 Å². The Hall–Kier alpha value is -1.59. The van der Waals surface area contributed by atoms with E-state index in [4.69, 9.17) is 16.7 Å². The summed E-state index contributed by atoms with van der Waals surface area (Å²) in [5, 5.41) is 10.3. The van der Waals surface area contributed by atoms with Crippen molar-refractivity contribution in [3.05, 3.63) is 47.2 Å². The second-order valence-corrected chi connectivity index (χ2v) is 4.53. The Balaban J connectivity index is 2.29. The van der Waals surface area contributed by atoms with Gasteiger partial charge in [-0.15, -0.1) is 0 Å². The Labute approximate surface area is 107 Å². The monoisotopic (exact) mass is 266 g/mol. The number of aromatic nitrogens is 2. The lowest BCUT2D eigenvalue weighted by Crippen LogP contribution is -1.98. The van der Waals surface area contributed by atoms with Gasteiger partial charge in [-0.05, 0) is 18.2 Å². The highest BCUT2D eigenvalue weighted by atomic mass is 35.5. The second kappa shape index (κ2) is 5.16. The first-order valence-corrected chi connectivity index (χ1v) is 5.84. The zero-order chi connectivity index (χ0) is 12.3. The van der Waals surface area contributed by atoms with Crippen LogP contribution in [0.5, 0.6) is 0 Å². The van der Waals surface area contributed by atoms with E-state index in [2.05, 4.69) is 9.97 Å². The van der Waals surface area contributed by atoms with Gasteiger partial charge < -0.3 is 5.11 Å². The third kappa shape index (κ3) is 2.95. The third-order valence-corrected chi connectivity index (χ3v) is 3.09. The summed E-state index contributed by atoms with van der Waals surface area (Å²) in [4.78, 5) is 19.0. The summed E-state index contributed by atoms with van der Waals surface area (Å²) in [6.07, 6.45) is 2.99. The minimum absolute atomic E-state index is 0.0418. The molecule has 0 bridgehead atoms. The number of hydrogen-bond acceptors (Lipinski definition) is 4. The molecule has 0 atom stereocenters. The number of rotatable bonds is 3.